The number of aliphatic imine (C=N–C) groups is 1. The van der Waals surface area contributed by atoms with E-state index in [9.17, 15) is 10.1 Å². The molecule has 0 atom stereocenters. The van der Waals surface area contributed by atoms with Gasteiger partial charge in [-0.3, -0.25) is 10.1 Å². The normalized spacial score (nSPS) is 14.0. The zero-order valence-electron chi connectivity index (χ0n) is 12.5. The van der Waals surface area contributed by atoms with E-state index in [2.05, 4.69) is 22.2 Å². The molecule has 1 aromatic carbocycles. The Morgan fingerprint density at radius 3 is 2.55 bits per heavy atom. The molecular weight excluding hydrogens is 395 g/mol. The van der Waals surface area contributed by atoms with Crippen LogP contribution in [0.25, 0.3) is 0 Å². The Bertz CT molecular complexity index is 553. The Hall–Kier alpha value is -1.64. The van der Waals surface area contributed by atoms with Crippen molar-refractivity contribution in [1.82, 2.24) is 10.6 Å². The number of rotatable bonds is 6. The second-order valence-electron chi connectivity index (χ2n) is 5.32. The fraction of sp³-hybridized carbons (Fsp3) is 0.400. The lowest BCUT2D eigenvalue weighted by Gasteiger charge is -2.11. The molecular formula is C15H21IN4O2. The van der Waals surface area contributed by atoms with E-state index < -0.39 is 4.92 Å². The van der Waals surface area contributed by atoms with Crippen LogP contribution in [-0.2, 0) is 6.54 Å². The van der Waals surface area contributed by atoms with Crippen LogP contribution in [-0.4, -0.2) is 23.5 Å². The highest BCUT2D eigenvalue weighted by Crippen LogP contribution is 2.18. The fourth-order valence-electron chi connectivity index (χ4n) is 1.70. The molecule has 120 valence electrons. The van der Waals surface area contributed by atoms with Crippen molar-refractivity contribution in [2.45, 2.75) is 32.4 Å². The molecule has 6 nitrogen and oxygen atoms in total. The summed E-state index contributed by atoms with van der Waals surface area (Å²) in [5.41, 5.74) is 2.07. The van der Waals surface area contributed by atoms with Gasteiger partial charge in [-0.2, -0.15) is 0 Å². The first kappa shape index (κ1) is 18.4. The summed E-state index contributed by atoms with van der Waals surface area (Å²) in [4.78, 5) is 14.7. The molecule has 7 heteroatoms. The SMILES string of the molecule is C=C(C)CNC(=NCc1ccc([N+](=O)[O-])cc1)NC1CC1.I. The zero-order chi connectivity index (χ0) is 15.2. The third-order valence-electron chi connectivity index (χ3n) is 3.04. The van der Waals surface area contributed by atoms with E-state index in [0.717, 1.165) is 17.1 Å². The highest BCUT2D eigenvalue weighted by molar-refractivity contribution is 14.0. The van der Waals surface area contributed by atoms with Crippen molar-refractivity contribution in [3.05, 3.63) is 52.1 Å². The van der Waals surface area contributed by atoms with E-state index in [1.807, 2.05) is 6.92 Å². The lowest BCUT2D eigenvalue weighted by atomic mass is 10.2. The summed E-state index contributed by atoms with van der Waals surface area (Å²) >= 11 is 0. The maximum absolute atomic E-state index is 10.6. The summed E-state index contributed by atoms with van der Waals surface area (Å²) in [5.74, 6) is 0.763. The third kappa shape index (κ3) is 6.42. The first-order chi connectivity index (χ1) is 10.0. The van der Waals surface area contributed by atoms with Crippen LogP contribution in [0, 0.1) is 10.1 Å². The molecule has 0 aromatic heterocycles. The van der Waals surface area contributed by atoms with E-state index in [1.165, 1.54) is 25.0 Å². The van der Waals surface area contributed by atoms with Gasteiger partial charge in [0.1, 0.15) is 0 Å². The van der Waals surface area contributed by atoms with E-state index in [-0.39, 0.29) is 29.7 Å². The van der Waals surface area contributed by atoms with Crippen LogP contribution in [0.3, 0.4) is 0 Å². The van der Waals surface area contributed by atoms with Crippen LogP contribution in [0.1, 0.15) is 25.3 Å². The molecule has 2 N–H and O–H groups in total. The maximum atomic E-state index is 10.6. The number of hydrogen-bond acceptors (Lipinski definition) is 3. The minimum absolute atomic E-state index is 0. The van der Waals surface area contributed by atoms with Gasteiger partial charge in [0.2, 0.25) is 0 Å². The molecule has 0 saturated heterocycles. The molecule has 0 radical (unpaired) electrons. The summed E-state index contributed by atoms with van der Waals surface area (Å²) in [6.07, 6.45) is 2.34. The van der Waals surface area contributed by atoms with Gasteiger partial charge in [-0.05, 0) is 25.3 Å². The monoisotopic (exact) mass is 416 g/mol. The van der Waals surface area contributed by atoms with Crippen molar-refractivity contribution in [2.75, 3.05) is 6.54 Å². The molecule has 1 aliphatic rings. The second-order valence-corrected chi connectivity index (χ2v) is 5.32. The van der Waals surface area contributed by atoms with Crippen LogP contribution in [0.2, 0.25) is 0 Å². The Kier molecular flexibility index (Phi) is 7.30. The van der Waals surface area contributed by atoms with Crippen molar-refractivity contribution < 1.29 is 4.92 Å². The number of guanidine groups is 1. The molecule has 2 rings (SSSR count). The molecule has 1 aliphatic carbocycles. The fourth-order valence-corrected chi connectivity index (χ4v) is 1.70. The van der Waals surface area contributed by atoms with Gasteiger partial charge >= 0.3 is 0 Å². The zero-order valence-corrected chi connectivity index (χ0v) is 14.9. The number of nitrogens with zero attached hydrogens (tertiary/aromatic N) is 2. The first-order valence-electron chi connectivity index (χ1n) is 6.97. The van der Waals surface area contributed by atoms with E-state index in [0.29, 0.717) is 19.1 Å². The maximum Gasteiger partial charge on any atom is 0.269 e. The van der Waals surface area contributed by atoms with E-state index >= 15 is 0 Å². The van der Waals surface area contributed by atoms with Crippen molar-refractivity contribution in [2.24, 2.45) is 4.99 Å². The minimum atomic E-state index is -0.401. The van der Waals surface area contributed by atoms with Crippen LogP contribution >= 0.6 is 24.0 Å². The van der Waals surface area contributed by atoms with Crippen LogP contribution < -0.4 is 10.6 Å². The summed E-state index contributed by atoms with van der Waals surface area (Å²) in [7, 11) is 0. The lowest BCUT2D eigenvalue weighted by molar-refractivity contribution is -0.384. The van der Waals surface area contributed by atoms with Gasteiger partial charge in [0, 0.05) is 24.7 Å². The van der Waals surface area contributed by atoms with E-state index in [1.54, 1.807) is 12.1 Å². The quantitative estimate of drug-likeness (QED) is 0.187. The van der Waals surface area contributed by atoms with Gasteiger partial charge in [-0.15, -0.1) is 24.0 Å². The molecule has 22 heavy (non-hydrogen) atoms. The average molecular weight is 416 g/mol. The average Bonchev–Trinajstić information content (AvgIpc) is 3.26. The summed E-state index contributed by atoms with van der Waals surface area (Å²) < 4.78 is 0. The van der Waals surface area contributed by atoms with Gasteiger partial charge in [0.05, 0.1) is 11.5 Å². The predicted octanol–water partition coefficient (Wildman–Crippen LogP) is 2.99. The number of hydrogen-bond donors (Lipinski definition) is 2. The van der Waals surface area contributed by atoms with Gasteiger partial charge in [0.25, 0.3) is 5.69 Å². The highest BCUT2D eigenvalue weighted by Gasteiger charge is 2.22. The predicted molar refractivity (Wildman–Crippen MR) is 98.6 cm³/mol. The molecule has 0 aliphatic heterocycles. The van der Waals surface area contributed by atoms with E-state index in [4.69, 9.17) is 0 Å². The lowest BCUT2D eigenvalue weighted by Crippen LogP contribution is -2.39. The standard InChI is InChI=1S/C15H20N4O2.HI/c1-11(2)9-16-15(18-13-5-6-13)17-10-12-3-7-14(8-4-12)19(20)21;/h3-4,7-8,13H,1,5-6,9-10H2,2H3,(H2,16,17,18);1H. The largest absolute Gasteiger partial charge is 0.354 e. The molecule has 0 unspecified atom stereocenters. The number of halogens is 1. The van der Waals surface area contributed by atoms with Crippen molar-refractivity contribution in [1.29, 1.82) is 0 Å². The molecule has 1 aromatic rings. The number of benzene rings is 1. The van der Waals surface area contributed by atoms with Crippen molar-refractivity contribution >= 4 is 35.6 Å². The first-order valence-corrected chi connectivity index (χ1v) is 6.97. The van der Waals surface area contributed by atoms with Crippen LogP contribution in [0.5, 0.6) is 0 Å². The number of nitrogens with one attached hydrogen (secondary N) is 2. The summed E-state index contributed by atoms with van der Waals surface area (Å²) in [6.45, 7) is 6.98. The smallest absolute Gasteiger partial charge is 0.269 e. The topological polar surface area (TPSA) is 79.6 Å². The van der Waals surface area contributed by atoms with Crippen molar-refractivity contribution in [3.63, 3.8) is 0 Å². The molecule has 0 bridgehead atoms. The second kappa shape index (κ2) is 8.72. The Morgan fingerprint density at radius 1 is 1.41 bits per heavy atom. The Labute approximate surface area is 147 Å². The highest BCUT2D eigenvalue weighted by atomic mass is 127. The van der Waals surface area contributed by atoms with Gasteiger partial charge in [0.15, 0.2) is 5.96 Å². The third-order valence-corrected chi connectivity index (χ3v) is 3.04. The number of nitro groups is 1. The molecule has 0 heterocycles. The summed E-state index contributed by atoms with van der Waals surface area (Å²) in [6, 6.07) is 6.98. The minimum Gasteiger partial charge on any atom is -0.354 e. The van der Waals surface area contributed by atoms with Crippen molar-refractivity contribution in [3.8, 4) is 0 Å². The Balaban J connectivity index is 0.00000242. The van der Waals surface area contributed by atoms with Crippen LogP contribution in [0.15, 0.2) is 41.4 Å². The molecule has 0 amide bonds. The number of nitro benzene ring substituents is 1. The number of non-ortho nitro benzene ring substituents is 1. The van der Waals surface area contributed by atoms with Gasteiger partial charge < -0.3 is 10.6 Å². The molecule has 1 fully saturated rings. The molecule has 1 saturated carbocycles. The van der Waals surface area contributed by atoms with Gasteiger partial charge in [-0.1, -0.05) is 24.3 Å². The Morgan fingerprint density at radius 2 is 2.05 bits per heavy atom. The van der Waals surface area contributed by atoms with Crippen LogP contribution in [0.4, 0.5) is 5.69 Å². The van der Waals surface area contributed by atoms with Gasteiger partial charge in [-0.25, -0.2) is 4.99 Å². The summed E-state index contributed by atoms with van der Waals surface area (Å²) in [5, 5.41) is 17.2. The molecule has 0 spiro atoms.